The lowest BCUT2D eigenvalue weighted by Crippen LogP contribution is -2.09. The molecule has 1 aromatic carbocycles. The molecular formula is C13H10F2N2S2. The maximum absolute atomic E-state index is 13.8. The number of nitrogens with zero attached hydrogens (tertiary/aromatic N) is 1. The minimum atomic E-state index is -0.620. The average Bonchev–Trinajstić information content (AvgIpc) is 3.09. The van der Waals surface area contributed by atoms with E-state index in [9.17, 15) is 8.78 Å². The van der Waals surface area contributed by atoms with Gasteiger partial charge < -0.3 is 5.73 Å². The number of nitrogens with two attached hydrogens (primary N) is 1. The second kappa shape index (κ2) is 4.61. The molecule has 3 rings (SSSR count). The fourth-order valence-electron chi connectivity index (χ4n) is 1.95. The molecule has 1 aromatic heterocycles. The fraction of sp³-hybridized carbons (Fsp3) is 0.231. The van der Waals surface area contributed by atoms with Gasteiger partial charge in [0.25, 0.3) is 0 Å². The molecule has 1 aliphatic carbocycles. The first kappa shape index (κ1) is 12.6. The highest BCUT2D eigenvalue weighted by atomic mass is 32.1. The zero-order chi connectivity index (χ0) is 13.6. The van der Waals surface area contributed by atoms with Gasteiger partial charge >= 0.3 is 0 Å². The van der Waals surface area contributed by atoms with Gasteiger partial charge in [0.2, 0.25) is 0 Å². The predicted molar refractivity (Wildman–Crippen MR) is 75.3 cm³/mol. The van der Waals surface area contributed by atoms with Gasteiger partial charge in [0.15, 0.2) is 0 Å². The Morgan fingerprint density at radius 3 is 2.47 bits per heavy atom. The van der Waals surface area contributed by atoms with Gasteiger partial charge in [-0.1, -0.05) is 18.3 Å². The van der Waals surface area contributed by atoms with Crippen LogP contribution in [0.15, 0.2) is 18.2 Å². The van der Waals surface area contributed by atoms with Gasteiger partial charge in [-0.05, 0) is 25.0 Å². The third-order valence-corrected chi connectivity index (χ3v) is 4.47. The Morgan fingerprint density at radius 2 is 1.95 bits per heavy atom. The molecule has 1 fully saturated rings. The van der Waals surface area contributed by atoms with E-state index in [4.69, 9.17) is 18.0 Å². The van der Waals surface area contributed by atoms with Crippen LogP contribution in [0.3, 0.4) is 0 Å². The summed E-state index contributed by atoms with van der Waals surface area (Å²) in [4.78, 5) is 5.27. The van der Waals surface area contributed by atoms with Gasteiger partial charge in [-0.15, -0.1) is 11.3 Å². The summed E-state index contributed by atoms with van der Waals surface area (Å²) < 4.78 is 27.5. The predicted octanol–water partition coefficient (Wildman–Crippen LogP) is 3.60. The number of halogens is 2. The number of thiazole rings is 1. The van der Waals surface area contributed by atoms with E-state index in [1.165, 1.54) is 18.2 Å². The molecule has 2 nitrogen and oxygen atoms in total. The lowest BCUT2D eigenvalue weighted by atomic mass is 10.2. The van der Waals surface area contributed by atoms with Crippen molar-refractivity contribution in [3.8, 4) is 10.6 Å². The van der Waals surface area contributed by atoms with E-state index < -0.39 is 11.6 Å². The number of aromatic nitrogens is 1. The van der Waals surface area contributed by atoms with Crippen molar-refractivity contribution in [2.24, 2.45) is 5.73 Å². The van der Waals surface area contributed by atoms with Crippen LogP contribution in [-0.4, -0.2) is 9.97 Å². The summed E-state index contributed by atoms with van der Waals surface area (Å²) in [6.45, 7) is 0. The lowest BCUT2D eigenvalue weighted by molar-refractivity contribution is 0.589. The molecule has 0 unspecified atom stereocenters. The highest BCUT2D eigenvalue weighted by Gasteiger charge is 2.31. The lowest BCUT2D eigenvalue weighted by Gasteiger charge is -1.99. The smallest absolute Gasteiger partial charge is 0.136 e. The van der Waals surface area contributed by atoms with Crippen molar-refractivity contribution in [2.45, 2.75) is 18.8 Å². The van der Waals surface area contributed by atoms with Gasteiger partial charge in [-0.25, -0.2) is 13.8 Å². The van der Waals surface area contributed by atoms with Crippen LogP contribution in [0.2, 0.25) is 0 Å². The zero-order valence-electron chi connectivity index (χ0n) is 9.82. The first-order valence-corrected chi connectivity index (χ1v) is 7.05. The summed E-state index contributed by atoms with van der Waals surface area (Å²) in [6.07, 6.45) is 2.05. The van der Waals surface area contributed by atoms with Gasteiger partial charge in [0.1, 0.15) is 21.6 Å². The molecule has 19 heavy (non-hydrogen) atoms. The number of benzene rings is 1. The van der Waals surface area contributed by atoms with Crippen LogP contribution in [-0.2, 0) is 0 Å². The quantitative estimate of drug-likeness (QED) is 0.880. The molecule has 0 saturated heterocycles. The van der Waals surface area contributed by atoms with Gasteiger partial charge in [-0.2, -0.15) is 0 Å². The molecule has 6 heteroatoms. The van der Waals surface area contributed by atoms with E-state index in [2.05, 4.69) is 4.98 Å². The first-order valence-electron chi connectivity index (χ1n) is 5.83. The van der Waals surface area contributed by atoms with Crippen molar-refractivity contribution in [1.82, 2.24) is 4.98 Å². The highest BCUT2D eigenvalue weighted by Crippen LogP contribution is 2.44. The Kier molecular flexibility index (Phi) is 3.06. The van der Waals surface area contributed by atoms with Crippen LogP contribution >= 0.6 is 23.6 Å². The van der Waals surface area contributed by atoms with Crippen molar-refractivity contribution in [2.75, 3.05) is 0 Å². The summed E-state index contributed by atoms with van der Waals surface area (Å²) in [5.74, 6) is -0.910. The molecule has 0 bridgehead atoms. The average molecular weight is 296 g/mol. The molecule has 0 aliphatic heterocycles. The standard InChI is InChI=1S/C13H10F2N2S2/c14-7-2-1-3-8(15)9(7)13-17-10(6-4-5-6)11(19-13)12(16)18/h1-3,6H,4-5H2,(H2,16,18). The molecule has 0 spiro atoms. The Morgan fingerprint density at radius 1 is 1.32 bits per heavy atom. The molecule has 2 aromatic rings. The highest BCUT2D eigenvalue weighted by molar-refractivity contribution is 7.81. The summed E-state index contributed by atoms with van der Waals surface area (Å²) in [5, 5.41) is 0.306. The van der Waals surface area contributed by atoms with Crippen LogP contribution in [0.5, 0.6) is 0 Å². The number of hydrogen-bond acceptors (Lipinski definition) is 3. The van der Waals surface area contributed by atoms with Crippen LogP contribution < -0.4 is 5.73 Å². The molecule has 0 radical (unpaired) electrons. The maximum Gasteiger partial charge on any atom is 0.136 e. The van der Waals surface area contributed by atoms with Crippen molar-refractivity contribution in [3.05, 3.63) is 40.4 Å². The van der Waals surface area contributed by atoms with Crippen molar-refractivity contribution >= 4 is 28.5 Å². The molecule has 1 aliphatic rings. The zero-order valence-corrected chi connectivity index (χ0v) is 11.5. The van der Waals surface area contributed by atoms with Gasteiger partial charge in [-0.3, -0.25) is 0 Å². The van der Waals surface area contributed by atoms with Crippen LogP contribution in [0, 0.1) is 11.6 Å². The van der Waals surface area contributed by atoms with E-state index in [0.717, 1.165) is 29.9 Å². The largest absolute Gasteiger partial charge is 0.389 e. The van der Waals surface area contributed by atoms with E-state index in [1.54, 1.807) is 0 Å². The SMILES string of the molecule is NC(=S)c1sc(-c2c(F)cccc2F)nc1C1CC1. The van der Waals surface area contributed by atoms with E-state index in [0.29, 0.717) is 15.8 Å². The second-order valence-electron chi connectivity index (χ2n) is 4.47. The number of hydrogen-bond donors (Lipinski definition) is 1. The minimum Gasteiger partial charge on any atom is -0.389 e. The summed E-state index contributed by atoms with van der Waals surface area (Å²) in [6, 6.07) is 3.77. The van der Waals surface area contributed by atoms with Gasteiger partial charge in [0, 0.05) is 5.92 Å². The molecular weight excluding hydrogens is 286 g/mol. The molecule has 1 saturated carbocycles. The van der Waals surface area contributed by atoms with Crippen molar-refractivity contribution in [3.63, 3.8) is 0 Å². The Hall–Kier alpha value is -1.40. The fourth-order valence-corrected chi connectivity index (χ4v) is 3.23. The third kappa shape index (κ3) is 2.26. The molecule has 98 valence electrons. The van der Waals surface area contributed by atoms with Crippen LogP contribution in [0.25, 0.3) is 10.6 Å². The summed E-state index contributed by atoms with van der Waals surface area (Å²) >= 11 is 6.15. The van der Waals surface area contributed by atoms with Crippen molar-refractivity contribution < 1.29 is 8.78 Å². The Balaban J connectivity index is 2.16. The van der Waals surface area contributed by atoms with E-state index in [-0.39, 0.29) is 10.6 Å². The Labute approximate surface area is 118 Å². The van der Waals surface area contributed by atoms with Crippen molar-refractivity contribution in [1.29, 1.82) is 0 Å². The first-order chi connectivity index (χ1) is 9.08. The van der Waals surface area contributed by atoms with Crippen LogP contribution in [0.4, 0.5) is 8.78 Å². The minimum absolute atomic E-state index is 0.100. The van der Waals surface area contributed by atoms with E-state index >= 15 is 0 Å². The molecule has 1 heterocycles. The van der Waals surface area contributed by atoms with Gasteiger partial charge in [0.05, 0.1) is 16.1 Å². The Bertz CT molecular complexity index is 642. The topological polar surface area (TPSA) is 38.9 Å². The number of thiocarbonyl (C=S) groups is 1. The van der Waals surface area contributed by atoms with Crippen LogP contribution in [0.1, 0.15) is 29.3 Å². The third-order valence-electron chi connectivity index (χ3n) is 3.02. The monoisotopic (exact) mass is 296 g/mol. The number of rotatable bonds is 3. The summed E-state index contributed by atoms with van der Waals surface area (Å²) in [5.41, 5.74) is 6.35. The normalized spacial score (nSPS) is 14.6. The molecule has 2 N–H and O–H groups in total. The maximum atomic E-state index is 13.8. The molecule has 0 atom stereocenters. The van der Waals surface area contributed by atoms with E-state index in [1.807, 2.05) is 0 Å². The molecule has 0 amide bonds. The second-order valence-corrected chi connectivity index (χ2v) is 5.91. The summed E-state index contributed by atoms with van der Waals surface area (Å²) in [7, 11) is 0.